The van der Waals surface area contributed by atoms with Gasteiger partial charge in [0.2, 0.25) is 0 Å². The molecule has 1 aliphatic heterocycles. The van der Waals surface area contributed by atoms with Crippen molar-refractivity contribution >= 4 is 40.1 Å². The quantitative estimate of drug-likeness (QED) is 0.660. The summed E-state index contributed by atoms with van der Waals surface area (Å²) >= 11 is 5.37. The van der Waals surface area contributed by atoms with E-state index in [1.54, 1.807) is 29.6 Å². The van der Waals surface area contributed by atoms with Gasteiger partial charge < -0.3 is 9.52 Å². The Labute approximate surface area is 163 Å². The number of rotatable bonds is 3. The summed E-state index contributed by atoms with van der Waals surface area (Å²) in [7, 11) is 0. The Morgan fingerprint density at radius 3 is 2.92 bits per heavy atom. The van der Waals surface area contributed by atoms with Crippen LogP contribution in [0.3, 0.4) is 0 Å². The molecule has 0 spiro atoms. The number of hydrogen-bond donors (Lipinski definition) is 1. The average molecular weight is 404 g/mol. The van der Waals surface area contributed by atoms with E-state index in [1.807, 2.05) is 11.8 Å². The summed E-state index contributed by atoms with van der Waals surface area (Å²) < 4.78 is 5.18. The second-order valence-corrected chi connectivity index (χ2v) is 9.35. The highest BCUT2D eigenvalue weighted by Crippen LogP contribution is 2.42. The number of thiophene rings is 2. The van der Waals surface area contributed by atoms with Gasteiger partial charge in [-0.3, -0.25) is 4.99 Å². The highest BCUT2D eigenvalue weighted by Gasteiger charge is 2.25. The lowest BCUT2D eigenvalue weighted by Crippen LogP contribution is -2.16. The molecule has 134 valence electrons. The number of aryl methyl sites for hydroxylation is 1. The smallest absolute Gasteiger partial charge is 0.348 e. The molecule has 1 N–H and O–H groups in total. The molecule has 0 aromatic carbocycles. The zero-order valence-electron chi connectivity index (χ0n) is 14.1. The van der Waals surface area contributed by atoms with E-state index in [9.17, 15) is 9.90 Å². The molecule has 4 heterocycles. The minimum absolute atomic E-state index is 0.0476. The van der Waals surface area contributed by atoms with Crippen LogP contribution in [-0.4, -0.2) is 23.1 Å². The summed E-state index contributed by atoms with van der Waals surface area (Å²) in [6, 6.07) is 9.99. The molecule has 3 aromatic rings. The number of nitrogens with zero attached hydrogens (tertiary/aromatic N) is 1. The van der Waals surface area contributed by atoms with E-state index in [0.717, 1.165) is 5.75 Å². The predicted molar refractivity (Wildman–Crippen MR) is 110 cm³/mol. The van der Waals surface area contributed by atoms with Crippen molar-refractivity contribution in [3.8, 4) is 15.5 Å². The van der Waals surface area contributed by atoms with Gasteiger partial charge in [-0.2, -0.15) is 11.8 Å². The van der Waals surface area contributed by atoms with Crippen LogP contribution in [0, 0.1) is 6.92 Å². The van der Waals surface area contributed by atoms with Gasteiger partial charge in [0.1, 0.15) is 17.1 Å². The van der Waals surface area contributed by atoms with Crippen molar-refractivity contribution in [2.75, 3.05) is 12.3 Å². The van der Waals surface area contributed by atoms with Crippen LogP contribution in [0.15, 0.2) is 49.9 Å². The van der Waals surface area contributed by atoms with Crippen LogP contribution in [0.5, 0.6) is 5.75 Å². The Morgan fingerprint density at radius 1 is 1.27 bits per heavy atom. The number of hydrogen-bond acceptors (Lipinski definition) is 7. The fraction of sp³-hybridized carbons (Fsp3) is 0.263. The molecule has 1 unspecified atom stereocenters. The van der Waals surface area contributed by atoms with Crippen molar-refractivity contribution in [3.05, 3.63) is 62.3 Å². The first kappa shape index (κ1) is 17.6. The molecule has 7 heteroatoms. The fourth-order valence-corrected chi connectivity index (χ4v) is 6.15. The van der Waals surface area contributed by atoms with Crippen LogP contribution >= 0.6 is 34.4 Å². The first-order chi connectivity index (χ1) is 12.6. The summed E-state index contributed by atoms with van der Waals surface area (Å²) in [6.45, 7) is 2.28. The molecule has 0 radical (unpaired) electrons. The average Bonchev–Trinajstić information content (AvgIpc) is 3.23. The molecule has 4 rings (SSSR count). The Bertz CT molecular complexity index is 1000. The van der Waals surface area contributed by atoms with Gasteiger partial charge in [0, 0.05) is 44.7 Å². The first-order valence-electron chi connectivity index (χ1n) is 8.24. The normalized spacial score (nSPS) is 17.7. The number of aliphatic imine (C=N–C) groups is 1. The lowest BCUT2D eigenvalue weighted by molar-refractivity contribution is 0.432. The Kier molecular flexibility index (Phi) is 5.02. The highest BCUT2D eigenvalue weighted by atomic mass is 32.2. The molecule has 26 heavy (non-hydrogen) atoms. The summed E-state index contributed by atoms with van der Waals surface area (Å²) in [6.07, 6.45) is 0.608. The van der Waals surface area contributed by atoms with Crippen molar-refractivity contribution in [1.29, 1.82) is 0 Å². The van der Waals surface area contributed by atoms with E-state index >= 15 is 0 Å². The third-order valence-corrected chi connectivity index (χ3v) is 7.80. The van der Waals surface area contributed by atoms with Crippen molar-refractivity contribution in [1.82, 2.24) is 0 Å². The van der Waals surface area contributed by atoms with Gasteiger partial charge >= 0.3 is 5.63 Å². The predicted octanol–water partition coefficient (Wildman–Crippen LogP) is 5.11. The molecule has 3 aromatic heterocycles. The van der Waals surface area contributed by atoms with Gasteiger partial charge in [0.05, 0.1) is 5.71 Å². The van der Waals surface area contributed by atoms with Crippen molar-refractivity contribution in [3.63, 3.8) is 0 Å². The van der Waals surface area contributed by atoms with Crippen LogP contribution in [-0.2, 0) is 0 Å². The second kappa shape index (κ2) is 7.42. The molecule has 1 atom stereocenters. The van der Waals surface area contributed by atoms with Gasteiger partial charge in [-0.05, 0) is 30.5 Å². The Balaban J connectivity index is 1.64. The van der Waals surface area contributed by atoms with E-state index in [1.165, 1.54) is 20.7 Å². The van der Waals surface area contributed by atoms with E-state index in [0.29, 0.717) is 24.4 Å². The molecule has 0 aliphatic carbocycles. The van der Waals surface area contributed by atoms with Crippen LogP contribution in [0.1, 0.15) is 27.9 Å². The minimum atomic E-state index is -0.516. The van der Waals surface area contributed by atoms with Crippen LogP contribution < -0.4 is 5.63 Å². The zero-order chi connectivity index (χ0) is 18.1. The van der Waals surface area contributed by atoms with Crippen molar-refractivity contribution in [2.45, 2.75) is 18.6 Å². The first-order valence-corrected chi connectivity index (χ1v) is 11.0. The SMILES string of the molecule is Cc1cc(O)c(C2=NCCSC(c3ccc(-c4cccs4)s3)C2)c(=O)o1. The van der Waals surface area contributed by atoms with E-state index in [-0.39, 0.29) is 16.6 Å². The monoisotopic (exact) mass is 403 g/mol. The maximum Gasteiger partial charge on any atom is 0.348 e. The summed E-state index contributed by atoms with van der Waals surface area (Å²) in [5.41, 5.74) is 0.327. The van der Waals surface area contributed by atoms with E-state index in [2.05, 4.69) is 34.6 Å². The molecule has 0 saturated carbocycles. The van der Waals surface area contributed by atoms with Crippen LogP contribution in [0.4, 0.5) is 0 Å². The topological polar surface area (TPSA) is 62.8 Å². The van der Waals surface area contributed by atoms with Gasteiger partial charge in [-0.25, -0.2) is 4.79 Å². The molecule has 0 fully saturated rings. The Hall–Kier alpha value is -1.83. The Morgan fingerprint density at radius 2 is 2.15 bits per heavy atom. The van der Waals surface area contributed by atoms with Gasteiger partial charge in [0.25, 0.3) is 0 Å². The van der Waals surface area contributed by atoms with E-state index in [4.69, 9.17) is 4.42 Å². The summed E-state index contributed by atoms with van der Waals surface area (Å²) in [5, 5.41) is 12.6. The molecular weight excluding hydrogens is 386 g/mol. The van der Waals surface area contributed by atoms with Crippen LogP contribution in [0.25, 0.3) is 9.75 Å². The standard InChI is InChI=1S/C19H17NO3S3/c1-11-9-13(21)18(19(22)23-11)12-10-17(25-8-6-20-12)16-5-4-15(26-16)14-3-2-7-24-14/h2-5,7,9,17,21H,6,8,10H2,1H3. The largest absolute Gasteiger partial charge is 0.507 e. The number of thioether (sulfide) groups is 1. The summed E-state index contributed by atoms with van der Waals surface area (Å²) in [5.74, 6) is 1.24. The molecule has 0 saturated heterocycles. The molecule has 0 bridgehead atoms. The minimum Gasteiger partial charge on any atom is -0.507 e. The molecule has 4 nitrogen and oxygen atoms in total. The lowest BCUT2D eigenvalue weighted by atomic mass is 10.1. The second-order valence-electron chi connectivity index (χ2n) is 5.98. The number of aromatic hydroxyl groups is 1. The third-order valence-electron chi connectivity index (χ3n) is 4.14. The van der Waals surface area contributed by atoms with Crippen molar-refractivity contribution < 1.29 is 9.52 Å². The highest BCUT2D eigenvalue weighted by molar-refractivity contribution is 7.99. The maximum atomic E-state index is 12.3. The van der Waals surface area contributed by atoms with Gasteiger partial charge in [0.15, 0.2) is 0 Å². The van der Waals surface area contributed by atoms with Gasteiger partial charge in [-0.15, -0.1) is 22.7 Å². The zero-order valence-corrected chi connectivity index (χ0v) is 16.5. The van der Waals surface area contributed by atoms with E-state index < -0.39 is 5.63 Å². The maximum absolute atomic E-state index is 12.3. The van der Waals surface area contributed by atoms with Crippen molar-refractivity contribution in [2.24, 2.45) is 4.99 Å². The fourth-order valence-electron chi connectivity index (χ4n) is 2.98. The van der Waals surface area contributed by atoms with Gasteiger partial charge in [-0.1, -0.05) is 6.07 Å². The summed E-state index contributed by atoms with van der Waals surface area (Å²) in [4.78, 5) is 20.6. The van der Waals surface area contributed by atoms with Crippen LogP contribution in [0.2, 0.25) is 0 Å². The third kappa shape index (κ3) is 3.51. The lowest BCUT2D eigenvalue weighted by Gasteiger charge is -2.13. The molecule has 1 aliphatic rings. The molecule has 0 amide bonds. The molecular formula is C19H17NO3S3.